The smallest absolute Gasteiger partial charge is 0.211 e. The fourth-order valence-corrected chi connectivity index (χ4v) is 3.93. The van der Waals surface area contributed by atoms with Crippen molar-refractivity contribution in [1.29, 1.82) is 0 Å². The average molecular weight is 276 g/mol. The molecule has 0 aromatic carbocycles. The summed E-state index contributed by atoms with van der Waals surface area (Å²) >= 11 is 0. The molecule has 0 aromatic heterocycles. The van der Waals surface area contributed by atoms with Crippen LogP contribution in [0.1, 0.15) is 46.0 Å². The summed E-state index contributed by atoms with van der Waals surface area (Å²) in [4.78, 5) is 0. The van der Waals surface area contributed by atoms with E-state index in [0.717, 1.165) is 32.1 Å². The van der Waals surface area contributed by atoms with Gasteiger partial charge in [-0.3, -0.25) is 0 Å². The number of nitrogens with two attached hydrogens (primary N) is 1. The highest BCUT2D eigenvalue weighted by molar-refractivity contribution is 7.88. The number of hydrogen-bond donors (Lipinski definition) is 1. The largest absolute Gasteiger partial charge is 0.327 e. The predicted molar refractivity (Wildman–Crippen MR) is 75.8 cm³/mol. The van der Waals surface area contributed by atoms with Gasteiger partial charge in [-0.15, -0.1) is 0 Å². The van der Waals surface area contributed by atoms with E-state index in [1.807, 2.05) is 0 Å². The zero-order valence-corrected chi connectivity index (χ0v) is 12.7. The van der Waals surface area contributed by atoms with Crippen LogP contribution in [0.3, 0.4) is 0 Å². The number of rotatable bonds is 6. The van der Waals surface area contributed by atoms with Crippen LogP contribution in [0.4, 0.5) is 0 Å². The van der Waals surface area contributed by atoms with Crippen LogP contribution in [-0.4, -0.2) is 38.1 Å². The Morgan fingerprint density at radius 3 is 2.44 bits per heavy atom. The van der Waals surface area contributed by atoms with Gasteiger partial charge in [0.15, 0.2) is 0 Å². The molecule has 1 fully saturated rings. The molecule has 2 N–H and O–H groups in total. The zero-order valence-electron chi connectivity index (χ0n) is 11.9. The van der Waals surface area contributed by atoms with Gasteiger partial charge in [-0.2, -0.15) is 0 Å². The molecule has 1 aliphatic rings. The highest BCUT2D eigenvalue weighted by Crippen LogP contribution is 2.25. The molecule has 4 nitrogen and oxygen atoms in total. The summed E-state index contributed by atoms with van der Waals surface area (Å²) in [5, 5.41) is 0. The third kappa shape index (κ3) is 4.52. The molecule has 0 spiro atoms. The van der Waals surface area contributed by atoms with Gasteiger partial charge in [0.25, 0.3) is 0 Å². The Bertz CT molecular complexity index is 339. The number of nitrogens with zero attached hydrogens (tertiary/aromatic N) is 1. The second-order valence-corrected chi connectivity index (χ2v) is 7.59. The van der Waals surface area contributed by atoms with Gasteiger partial charge >= 0.3 is 0 Å². The lowest BCUT2D eigenvalue weighted by Gasteiger charge is -2.33. The zero-order chi connectivity index (χ0) is 13.8. The lowest BCUT2D eigenvalue weighted by atomic mass is 9.85. The van der Waals surface area contributed by atoms with Gasteiger partial charge in [-0.25, -0.2) is 12.7 Å². The van der Waals surface area contributed by atoms with Gasteiger partial charge in [-0.1, -0.05) is 26.7 Å². The average Bonchev–Trinajstić information content (AvgIpc) is 2.29. The van der Waals surface area contributed by atoms with Gasteiger partial charge < -0.3 is 5.73 Å². The molecule has 1 saturated heterocycles. The van der Waals surface area contributed by atoms with E-state index in [4.69, 9.17) is 5.73 Å². The Morgan fingerprint density at radius 2 is 1.94 bits per heavy atom. The summed E-state index contributed by atoms with van der Waals surface area (Å²) in [5.41, 5.74) is 6.26. The first-order valence-electron chi connectivity index (χ1n) is 7.09. The maximum Gasteiger partial charge on any atom is 0.211 e. The van der Waals surface area contributed by atoms with Crippen molar-refractivity contribution < 1.29 is 8.42 Å². The summed E-state index contributed by atoms with van der Waals surface area (Å²) in [6, 6.07) is 0.213. The predicted octanol–water partition coefficient (Wildman–Crippen LogP) is 1.81. The second kappa shape index (κ2) is 6.87. The summed E-state index contributed by atoms with van der Waals surface area (Å²) < 4.78 is 24.7. The SMILES string of the molecule is CCC(CC)C(N)CC1CCCN(S(C)(=O)=O)C1. The van der Waals surface area contributed by atoms with Gasteiger partial charge in [0.1, 0.15) is 0 Å². The summed E-state index contributed by atoms with van der Waals surface area (Å²) in [6.07, 6.45) is 6.56. The van der Waals surface area contributed by atoms with Crippen molar-refractivity contribution in [2.24, 2.45) is 17.6 Å². The van der Waals surface area contributed by atoms with Crippen molar-refractivity contribution in [3.05, 3.63) is 0 Å². The summed E-state index contributed by atoms with van der Waals surface area (Å²) in [5.74, 6) is 1.00. The fourth-order valence-electron chi connectivity index (χ4n) is 2.99. The quantitative estimate of drug-likeness (QED) is 0.805. The number of sulfonamides is 1. The van der Waals surface area contributed by atoms with Crippen molar-refractivity contribution in [3.8, 4) is 0 Å². The van der Waals surface area contributed by atoms with Gasteiger partial charge in [0.2, 0.25) is 10.0 Å². The van der Waals surface area contributed by atoms with Crippen LogP contribution in [0.2, 0.25) is 0 Å². The molecule has 0 aliphatic carbocycles. The van der Waals surface area contributed by atoms with Crippen molar-refractivity contribution in [1.82, 2.24) is 4.31 Å². The minimum Gasteiger partial charge on any atom is -0.327 e. The second-order valence-electron chi connectivity index (χ2n) is 5.61. The monoisotopic (exact) mass is 276 g/mol. The fraction of sp³-hybridized carbons (Fsp3) is 1.00. The normalized spacial score (nSPS) is 24.4. The van der Waals surface area contributed by atoms with Crippen molar-refractivity contribution in [2.75, 3.05) is 19.3 Å². The van der Waals surface area contributed by atoms with Gasteiger partial charge in [0.05, 0.1) is 6.26 Å². The maximum absolute atomic E-state index is 11.6. The molecule has 108 valence electrons. The highest BCUT2D eigenvalue weighted by atomic mass is 32.2. The van der Waals surface area contributed by atoms with Crippen LogP contribution in [0.15, 0.2) is 0 Å². The Hall–Kier alpha value is -0.130. The third-order valence-electron chi connectivity index (χ3n) is 4.21. The minimum atomic E-state index is -3.03. The van der Waals surface area contributed by atoms with E-state index in [-0.39, 0.29) is 6.04 Å². The molecule has 18 heavy (non-hydrogen) atoms. The molecule has 0 radical (unpaired) electrons. The molecule has 0 aromatic rings. The standard InChI is InChI=1S/C13H28N2O2S/c1-4-12(5-2)13(14)9-11-7-6-8-15(10-11)18(3,16)17/h11-13H,4-10,14H2,1-3H3. The molecule has 1 heterocycles. The van der Waals surface area contributed by atoms with Crippen molar-refractivity contribution in [3.63, 3.8) is 0 Å². The van der Waals surface area contributed by atoms with Crippen LogP contribution < -0.4 is 5.73 Å². The first kappa shape index (κ1) is 15.9. The highest BCUT2D eigenvalue weighted by Gasteiger charge is 2.28. The third-order valence-corrected chi connectivity index (χ3v) is 5.48. The molecule has 0 amide bonds. The van der Waals surface area contributed by atoms with Crippen LogP contribution >= 0.6 is 0 Å². The Kier molecular flexibility index (Phi) is 6.08. The minimum absolute atomic E-state index is 0.213. The molecule has 0 bridgehead atoms. The van der Waals surface area contributed by atoms with E-state index < -0.39 is 10.0 Å². The molecule has 2 unspecified atom stereocenters. The topological polar surface area (TPSA) is 63.4 Å². The van der Waals surface area contributed by atoms with E-state index in [0.29, 0.717) is 24.9 Å². The Morgan fingerprint density at radius 1 is 1.33 bits per heavy atom. The molecule has 5 heteroatoms. The Balaban J connectivity index is 2.52. The molecule has 1 aliphatic heterocycles. The van der Waals surface area contributed by atoms with E-state index in [2.05, 4.69) is 13.8 Å². The lowest BCUT2D eigenvalue weighted by molar-refractivity contribution is 0.226. The molecular formula is C13H28N2O2S. The van der Waals surface area contributed by atoms with E-state index in [1.54, 1.807) is 4.31 Å². The van der Waals surface area contributed by atoms with Gasteiger partial charge in [-0.05, 0) is 31.1 Å². The summed E-state index contributed by atoms with van der Waals surface area (Å²) in [6.45, 7) is 5.69. The first-order chi connectivity index (χ1) is 8.38. The van der Waals surface area contributed by atoms with Crippen molar-refractivity contribution >= 4 is 10.0 Å². The summed E-state index contributed by atoms with van der Waals surface area (Å²) in [7, 11) is -3.03. The molecule has 0 saturated carbocycles. The maximum atomic E-state index is 11.6. The number of piperidine rings is 1. The van der Waals surface area contributed by atoms with Crippen LogP contribution in [0, 0.1) is 11.8 Å². The van der Waals surface area contributed by atoms with Crippen LogP contribution in [0.25, 0.3) is 0 Å². The van der Waals surface area contributed by atoms with Crippen molar-refractivity contribution in [2.45, 2.75) is 52.0 Å². The van der Waals surface area contributed by atoms with Gasteiger partial charge in [0, 0.05) is 19.1 Å². The van der Waals surface area contributed by atoms with E-state index in [9.17, 15) is 8.42 Å². The Labute approximate surface area is 112 Å². The van der Waals surface area contributed by atoms with Crippen LogP contribution in [-0.2, 0) is 10.0 Å². The van der Waals surface area contributed by atoms with Crippen LogP contribution in [0.5, 0.6) is 0 Å². The number of hydrogen-bond acceptors (Lipinski definition) is 3. The van der Waals surface area contributed by atoms with E-state index >= 15 is 0 Å². The molecular weight excluding hydrogens is 248 g/mol. The molecule has 1 rings (SSSR count). The van der Waals surface area contributed by atoms with E-state index in [1.165, 1.54) is 6.26 Å². The lowest BCUT2D eigenvalue weighted by Crippen LogP contribution is -2.42. The first-order valence-corrected chi connectivity index (χ1v) is 8.94. The molecule has 2 atom stereocenters.